The summed E-state index contributed by atoms with van der Waals surface area (Å²) in [5.74, 6) is -0.191. The Kier molecular flexibility index (Phi) is 6.44. The Bertz CT molecular complexity index is 1060. The van der Waals surface area contributed by atoms with Crippen molar-refractivity contribution in [1.82, 2.24) is 5.32 Å². The van der Waals surface area contributed by atoms with Gasteiger partial charge in [0.2, 0.25) is 5.78 Å². The number of carbonyl (C=O) groups is 3. The van der Waals surface area contributed by atoms with Crippen molar-refractivity contribution >= 4 is 23.7 Å². The van der Waals surface area contributed by atoms with Gasteiger partial charge in [-0.2, -0.15) is 0 Å². The number of aliphatic carboxylic acids is 1. The van der Waals surface area contributed by atoms with E-state index < -0.39 is 17.9 Å². The van der Waals surface area contributed by atoms with Crippen molar-refractivity contribution in [3.8, 4) is 23.0 Å². The number of nitrogens with one attached hydrogen (secondary N) is 1. The Morgan fingerprint density at radius 3 is 2.55 bits per heavy atom. The third-order valence-electron chi connectivity index (χ3n) is 4.49. The molecule has 31 heavy (non-hydrogen) atoms. The van der Waals surface area contributed by atoms with E-state index in [0.29, 0.717) is 34.1 Å². The SMILES string of the molecule is COc1ccc(C=C2Oc3cc(OCC(=O)NC(C)C(=O)O)ccc3C2=O)c(OC)c1. The summed E-state index contributed by atoms with van der Waals surface area (Å²) in [4.78, 5) is 35.2. The van der Waals surface area contributed by atoms with E-state index in [1.54, 1.807) is 31.4 Å². The number of hydrogen-bond donors (Lipinski definition) is 2. The van der Waals surface area contributed by atoms with Crippen LogP contribution in [0.4, 0.5) is 0 Å². The second-order valence-corrected chi connectivity index (χ2v) is 6.62. The largest absolute Gasteiger partial charge is 0.497 e. The molecule has 0 aliphatic carbocycles. The molecule has 9 nitrogen and oxygen atoms in total. The zero-order valence-electron chi connectivity index (χ0n) is 17.1. The molecule has 0 fully saturated rings. The number of ether oxygens (including phenoxy) is 4. The molecule has 0 radical (unpaired) electrons. The molecule has 1 aliphatic heterocycles. The van der Waals surface area contributed by atoms with Crippen molar-refractivity contribution in [1.29, 1.82) is 0 Å². The van der Waals surface area contributed by atoms with Crippen molar-refractivity contribution in [3.63, 3.8) is 0 Å². The normalized spacial score (nSPS) is 14.4. The van der Waals surface area contributed by atoms with Crippen LogP contribution in [0.15, 0.2) is 42.2 Å². The molecule has 2 aromatic carbocycles. The highest BCUT2D eigenvalue weighted by molar-refractivity contribution is 6.14. The van der Waals surface area contributed by atoms with E-state index in [9.17, 15) is 14.4 Å². The molecule has 0 saturated carbocycles. The first kappa shape index (κ1) is 21.7. The van der Waals surface area contributed by atoms with Crippen LogP contribution in [0.25, 0.3) is 6.08 Å². The van der Waals surface area contributed by atoms with E-state index in [4.69, 9.17) is 24.1 Å². The number of amides is 1. The maximum absolute atomic E-state index is 12.7. The quantitative estimate of drug-likeness (QED) is 0.616. The zero-order valence-corrected chi connectivity index (χ0v) is 17.1. The van der Waals surface area contributed by atoms with Crippen LogP contribution in [0, 0.1) is 0 Å². The second kappa shape index (κ2) is 9.21. The number of fused-ring (bicyclic) bond motifs is 1. The molecule has 0 spiro atoms. The van der Waals surface area contributed by atoms with Crippen molar-refractivity contribution in [2.45, 2.75) is 13.0 Å². The fourth-order valence-corrected chi connectivity index (χ4v) is 2.83. The first-order chi connectivity index (χ1) is 14.8. The summed E-state index contributed by atoms with van der Waals surface area (Å²) in [5, 5.41) is 11.1. The van der Waals surface area contributed by atoms with E-state index in [2.05, 4.69) is 5.32 Å². The maximum atomic E-state index is 12.7. The molecule has 2 N–H and O–H groups in total. The van der Waals surface area contributed by atoms with Gasteiger partial charge in [0.05, 0.1) is 19.8 Å². The van der Waals surface area contributed by atoms with Gasteiger partial charge >= 0.3 is 5.97 Å². The Morgan fingerprint density at radius 2 is 1.87 bits per heavy atom. The van der Waals surface area contributed by atoms with Crippen molar-refractivity contribution < 1.29 is 38.4 Å². The van der Waals surface area contributed by atoms with Crippen LogP contribution in [0.5, 0.6) is 23.0 Å². The number of carboxylic acids is 1. The van der Waals surface area contributed by atoms with Gasteiger partial charge in [-0.05, 0) is 37.3 Å². The summed E-state index contributed by atoms with van der Waals surface area (Å²) in [6.45, 7) is 0.969. The monoisotopic (exact) mass is 427 g/mol. The van der Waals surface area contributed by atoms with Crippen LogP contribution >= 0.6 is 0 Å². The molecular formula is C22H21NO8. The lowest BCUT2D eigenvalue weighted by Gasteiger charge is -2.10. The fraction of sp³-hybridized carbons (Fsp3) is 0.227. The average molecular weight is 427 g/mol. The standard InChI is InChI=1S/C22H21NO8/c1-12(22(26)27)23-20(24)11-30-15-6-7-16-18(10-15)31-19(21(16)25)8-13-4-5-14(28-2)9-17(13)29-3/h4-10,12H,11H2,1-3H3,(H,23,24)(H,26,27). The van der Waals surface area contributed by atoms with Crippen LogP contribution in [-0.4, -0.2) is 49.6 Å². The van der Waals surface area contributed by atoms with E-state index >= 15 is 0 Å². The highest BCUT2D eigenvalue weighted by Gasteiger charge is 2.28. The smallest absolute Gasteiger partial charge is 0.325 e. The Labute approximate surface area is 178 Å². The first-order valence-corrected chi connectivity index (χ1v) is 9.27. The lowest BCUT2D eigenvalue weighted by atomic mass is 10.1. The van der Waals surface area contributed by atoms with Gasteiger partial charge in [-0.3, -0.25) is 14.4 Å². The zero-order chi connectivity index (χ0) is 22.5. The number of ketones is 1. The topological polar surface area (TPSA) is 120 Å². The van der Waals surface area contributed by atoms with Gasteiger partial charge in [0.25, 0.3) is 5.91 Å². The number of hydrogen-bond acceptors (Lipinski definition) is 7. The minimum Gasteiger partial charge on any atom is -0.497 e. The Hall–Kier alpha value is -4.01. The predicted octanol–water partition coefficient (Wildman–Crippen LogP) is 2.29. The lowest BCUT2D eigenvalue weighted by Crippen LogP contribution is -2.40. The summed E-state index contributed by atoms with van der Waals surface area (Å²) >= 11 is 0. The maximum Gasteiger partial charge on any atom is 0.325 e. The summed E-state index contributed by atoms with van der Waals surface area (Å²) in [7, 11) is 3.06. The number of benzene rings is 2. The average Bonchev–Trinajstić information content (AvgIpc) is 3.07. The highest BCUT2D eigenvalue weighted by Crippen LogP contribution is 2.36. The van der Waals surface area contributed by atoms with Crippen LogP contribution < -0.4 is 24.3 Å². The molecule has 162 valence electrons. The lowest BCUT2D eigenvalue weighted by molar-refractivity contribution is -0.141. The molecule has 0 bridgehead atoms. The van der Waals surface area contributed by atoms with Gasteiger partial charge < -0.3 is 29.4 Å². The number of allylic oxidation sites excluding steroid dienone is 1. The van der Waals surface area contributed by atoms with E-state index in [1.165, 1.54) is 32.2 Å². The second-order valence-electron chi connectivity index (χ2n) is 6.62. The predicted molar refractivity (Wildman–Crippen MR) is 110 cm³/mol. The summed E-state index contributed by atoms with van der Waals surface area (Å²) in [6.07, 6.45) is 1.57. The number of Topliss-reactive ketones (excluding diaryl/α,β-unsaturated/α-hetero) is 1. The van der Waals surface area contributed by atoms with Gasteiger partial charge in [0.1, 0.15) is 29.0 Å². The molecule has 1 unspecified atom stereocenters. The minimum atomic E-state index is -1.15. The van der Waals surface area contributed by atoms with Crippen LogP contribution in [-0.2, 0) is 9.59 Å². The van der Waals surface area contributed by atoms with Crippen molar-refractivity contribution in [2.75, 3.05) is 20.8 Å². The molecule has 0 saturated heterocycles. The molecule has 1 amide bonds. The highest BCUT2D eigenvalue weighted by atomic mass is 16.5. The van der Waals surface area contributed by atoms with Crippen LogP contribution in [0.3, 0.4) is 0 Å². The molecule has 0 aromatic heterocycles. The molecular weight excluding hydrogens is 406 g/mol. The van der Waals surface area contributed by atoms with Crippen LogP contribution in [0.1, 0.15) is 22.8 Å². The molecule has 2 aromatic rings. The van der Waals surface area contributed by atoms with Gasteiger partial charge in [0.15, 0.2) is 12.4 Å². The number of carbonyl (C=O) groups excluding carboxylic acids is 2. The number of rotatable bonds is 8. The molecule has 1 aliphatic rings. The first-order valence-electron chi connectivity index (χ1n) is 9.27. The molecule has 9 heteroatoms. The summed E-state index contributed by atoms with van der Waals surface area (Å²) in [5.41, 5.74) is 0.996. The Balaban J connectivity index is 1.72. The van der Waals surface area contributed by atoms with Gasteiger partial charge in [-0.1, -0.05) is 0 Å². The van der Waals surface area contributed by atoms with Gasteiger partial charge in [-0.15, -0.1) is 0 Å². The van der Waals surface area contributed by atoms with Gasteiger partial charge in [-0.25, -0.2) is 0 Å². The summed E-state index contributed by atoms with van der Waals surface area (Å²) < 4.78 is 21.6. The van der Waals surface area contributed by atoms with E-state index in [1.807, 2.05) is 0 Å². The van der Waals surface area contributed by atoms with Crippen molar-refractivity contribution in [3.05, 3.63) is 53.3 Å². The Morgan fingerprint density at radius 1 is 1.13 bits per heavy atom. The van der Waals surface area contributed by atoms with E-state index in [0.717, 1.165) is 0 Å². The third-order valence-corrected chi connectivity index (χ3v) is 4.49. The van der Waals surface area contributed by atoms with Gasteiger partial charge in [0, 0.05) is 17.7 Å². The third kappa shape index (κ3) is 4.95. The molecule has 3 rings (SSSR count). The van der Waals surface area contributed by atoms with Crippen LogP contribution in [0.2, 0.25) is 0 Å². The minimum absolute atomic E-state index is 0.114. The number of methoxy groups -OCH3 is 2. The van der Waals surface area contributed by atoms with Crippen molar-refractivity contribution in [2.24, 2.45) is 0 Å². The van der Waals surface area contributed by atoms with E-state index in [-0.39, 0.29) is 18.1 Å². The molecule has 1 heterocycles. The number of carboxylic acid groups (broad SMARTS) is 1. The summed E-state index contributed by atoms with van der Waals surface area (Å²) in [6, 6.07) is 8.72. The fourth-order valence-electron chi connectivity index (χ4n) is 2.83. The molecule has 1 atom stereocenters.